The van der Waals surface area contributed by atoms with Gasteiger partial charge in [0.2, 0.25) is 0 Å². The SMILES string of the molecule is CCc1cnc(-c2ccn(C3CCN(c4ccc(C(=O)NC)nc4)CC3)c2)[nH]c1=O. The second-order valence-corrected chi connectivity index (χ2v) is 7.49. The number of amides is 1. The van der Waals surface area contributed by atoms with E-state index in [1.165, 1.54) is 0 Å². The Morgan fingerprint density at radius 1 is 1.20 bits per heavy atom. The number of carbonyl (C=O) groups is 1. The van der Waals surface area contributed by atoms with Gasteiger partial charge >= 0.3 is 0 Å². The zero-order chi connectivity index (χ0) is 21.1. The summed E-state index contributed by atoms with van der Waals surface area (Å²) in [6.07, 6.45) is 10.2. The van der Waals surface area contributed by atoms with E-state index in [1.54, 1.807) is 25.5 Å². The van der Waals surface area contributed by atoms with Crippen molar-refractivity contribution in [1.29, 1.82) is 0 Å². The fraction of sp³-hybridized carbons (Fsp3) is 0.364. The molecule has 4 heterocycles. The van der Waals surface area contributed by atoms with Crippen LogP contribution in [0.25, 0.3) is 11.4 Å². The molecule has 8 nitrogen and oxygen atoms in total. The largest absolute Gasteiger partial charge is 0.370 e. The summed E-state index contributed by atoms with van der Waals surface area (Å²) in [5.74, 6) is 0.430. The maximum absolute atomic E-state index is 12.1. The van der Waals surface area contributed by atoms with Crippen LogP contribution in [0.1, 0.15) is 41.9 Å². The molecule has 0 unspecified atom stereocenters. The molecule has 8 heteroatoms. The Kier molecular flexibility index (Phi) is 5.65. The van der Waals surface area contributed by atoms with E-state index in [4.69, 9.17) is 0 Å². The molecule has 3 aromatic heterocycles. The molecule has 2 N–H and O–H groups in total. The van der Waals surface area contributed by atoms with Crippen LogP contribution in [-0.4, -0.2) is 45.6 Å². The summed E-state index contributed by atoms with van der Waals surface area (Å²) >= 11 is 0. The van der Waals surface area contributed by atoms with E-state index in [2.05, 4.69) is 42.1 Å². The Balaban J connectivity index is 1.40. The average molecular weight is 406 g/mol. The highest BCUT2D eigenvalue weighted by Crippen LogP contribution is 2.28. The lowest BCUT2D eigenvalue weighted by atomic mass is 10.0. The van der Waals surface area contributed by atoms with Crippen molar-refractivity contribution in [2.24, 2.45) is 0 Å². The first-order valence-corrected chi connectivity index (χ1v) is 10.3. The number of nitrogens with zero attached hydrogens (tertiary/aromatic N) is 4. The number of aryl methyl sites for hydroxylation is 1. The Morgan fingerprint density at radius 3 is 2.63 bits per heavy atom. The molecule has 156 valence electrons. The Morgan fingerprint density at radius 2 is 2.00 bits per heavy atom. The number of piperidine rings is 1. The van der Waals surface area contributed by atoms with Gasteiger partial charge in [-0.25, -0.2) is 9.97 Å². The van der Waals surface area contributed by atoms with Gasteiger partial charge < -0.3 is 19.8 Å². The predicted octanol–water partition coefficient (Wildman–Crippen LogP) is 2.40. The van der Waals surface area contributed by atoms with Crippen LogP contribution >= 0.6 is 0 Å². The number of aromatic amines is 1. The molecule has 0 radical (unpaired) electrons. The minimum absolute atomic E-state index is 0.0698. The molecule has 1 aliphatic rings. The van der Waals surface area contributed by atoms with Crippen molar-refractivity contribution in [2.45, 2.75) is 32.2 Å². The van der Waals surface area contributed by atoms with Gasteiger partial charge in [0.1, 0.15) is 11.5 Å². The van der Waals surface area contributed by atoms with Crippen LogP contribution in [0.3, 0.4) is 0 Å². The summed E-state index contributed by atoms with van der Waals surface area (Å²) in [6, 6.07) is 6.11. The molecule has 0 atom stereocenters. The van der Waals surface area contributed by atoms with Gasteiger partial charge in [-0.1, -0.05) is 6.92 Å². The molecule has 0 aliphatic carbocycles. The van der Waals surface area contributed by atoms with Crippen LogP contribution in [0, 0.1) is 0 Å². The Labute approximate surface area is 175 Å². The van der Waals surface area contributed by atoms with E-state index in [0.29, 0.717) is 29.5 Å². The fourth-order valence-corrected chi connectivity index (χ4v) is 3.86. The smallest absolute Gasteiger partial charge is 0.269 e. The van der Waals surface area contributed by atoms with E-state index in [-0.39, 0.29) is 11.5 Å². The number of hydrogen-bond donors (Lipinski definition) is 2. The molecule has 4 rings (SSSR count). The summed E-state index contributed by atoms with van der Waals surface area (Å²) in [5.41, 5.74) is 3.01. The maximum Gasteiger partial charge on any atom is 0.269 e. The van der Waals surface area contributed by atoms with E-state index < -0.39 is 0 Å². The van der Waals surface area contributed by atoms with Gasteiger partial charge in [-0.15, -0.1) is 0 Å². The first kappa shape index (κ1) is 19.9. The van der Waals surface area contributed by atoms with Gasteiger partial charge in [0, 0.05) is 55.9 Å². The number of aromatic nitrogens is 4. The number of rotatable bonds is 5. The lowest BCUT2D eigenvalue weighted by Crippen LogP contribution is -2.34. The number of H-pyrrole nitrogens is 1. The molecule has 1 aliphatic heterocycles. The van der Waals surface area contributed by atoms with Crippen LogP contribution in [0.15, 0.2) is 47.8 Å². The lowest BCUT2D eigenvalue weighted by molar-refractivity contribution is 0.0958. The van der Waals surface area contributed by atoms with Crippen LogP contribution in [0.4, 0.5) is 5.69 Å². The van der Waals surface area contributed by atoms with Crippen molar-refractivity contribution in [1.82, 2.24) is 24.8 Å². The van der Waals surface area contributed by atoms with Gasteiger partial charge in [0.05, 0.1) is 11.9 Å². The van der Waals surface area contributed by atoms with Crippen molar-refractivity contribution in [3.63, 3.8) is 0 Å². The number of nitrogens with one attached hydrogen (secondary N) is 2. The van der Waals surface area contributed by atoms with E-state index >= 15 is 0 Å². The molecule has 1 saturated heterocycles. The van der Waals surface area contributed by atoms with Crippen molar-refractivity contribution in [3.05, 3.63) is 64.6 Å². The standard InChI is InChI=1S/C22H26N6O2/c1-3-15-12-25-20(26-21(15)29)16-6-9-28(14-16)17-7-10-27(11-8-17)18-4-5-19(24-13-18)22(30)23-2/h4-6,9,12-14,17H,3,7-8,10-11H2,1-2H3,(H,23,30)(H,25,26,29). The van der Waals surface area contributed by atoms with Crippen LogP contribution in [-0.2, 0) is 6.42 Å². The van der Waals surface area contributed by atoms with Crippen molar-refractivity contribution >= 4 is 11.6 Å². The zero-order valence-corrected chi connectivity index (χ0v) is 17.3. The normalized spacial score (nSPS) is 14.7. The molecule has 1 fully saturated rings. The van der Waals surface area contributed by atoms with Gasteiger partial charge in [-0.2, -0.15) is 0 Å². The third-order valence-corrected chi connectivity index (χ3v) is 5.70. The summed E-state index contributed by atoms with van der Waals surface area (Å²) < 4.78 is 2.22. The Hall–Kier alpha value is -3.42. The first-order chi connectivity index (χ1) is 14.6. The quantitative estimate of drug-likeness (QED) is 0.678. The van der Waals surface area contributed by atoms with E-state index in [0.717, 1.165) is 37.2 Å². The molecule has 0 bridgehead atoms. The molecule has 0 aromatic carbocycles. The van der Waals surface area contributed by atoms with Crippen LogP contribution in [0.2, 0.25) is 0 Å². The summed E-state index contributed by atoms with van der Waals surface area (Å²) in [4.78, 5) is 37.5. The number of hydrogen-bond acceptors (Lipinski definition) is 5. The molecule has 0 saturated carbocycles. The molecule has 0 spiro atoms. The predicted molar refractivity (Wildman–Crippen MR) is 116 cm³/mol. The highest BCUT2D eigenvalue weighted by molar-refractivity contribution is 5.92. The van der Waals surface area contributed by atoms with Crippen molar-refractivity contribution < 1.29 is 4.79 Å². The molecular weight excluding hydrogens is 380 g/mol. The molecular formula is C22H26N6O2. The second-order valence-electron chi connectivity index (χ2n) is 7.49. The first-order valence-electron chi connectivity index (χ1n) is 10.3. The van der Waals surface area contributed by atoms with Gasteiger partial charge in [0.25, 0.3) is 11.5 Å². The van der Waals surface area contributed by atoms with Crippen molar-refractivity contribution in [2.75, 3.05) is 25.0 Å². The third-order valence-electron chi connectivity index (χ3n) is 5.70. The third kappa shape index (κ3) is 3.98. The number of anilines is 1. The van der Waals surface area contributed by atoms with E-state index in [1.807, 2.05) is 19.1 Å². The minimum Gasteiger partial charge on any atom is -0.370 e. The van der Waals surface area contributed by atoms with Gasteiger partial charge in [-0.05, 0) is 37.5 Å². The van der Waals surface area contributed by atoms with E-state index in [9.17, 15) is 9.59 Å². The van der Waals surface area contributed by atoms with Crippen molar-refractivity contribution in [3.8, 4) is 11.4 Å². The number of carbonyl (C=O) groups excluding carboxylic acids is 1. The zero-order valence-electron chi connectivity index (χ0n) is 17.3. The summed E-state index contributed by atoms with van der Waals surface area (Å²) in [7, 11) is 1.60. The van der Waals surface area contributed by atoms with Gasteiger partial charge in [-0.3, -0.25) is 9.59 Å². The monoisotopic (exact) mass is 406 g/mol. The topological polar surface area (TPSA) is 95.9 Å². The van der Waals surface area contributed by atoms with Gasteiger partial charge in [0.15, 0.2) is 0 Å². The Bertz CT molecular complexity index is 1080. The van der Waals surface area contributed by atoms with Crippen LogP contribution < -0.4 is 15.8 Å². The highest BCUT2D eigenvalue weighted by atomic mass is 16.1. The maximum atomic E-state index is 12.1. The summed E-state index contributed by atoms with van der Waals surface area (Å²) in [5, 5.41) is 2.58. The molecule has 3 aromatic rings. The molecule has 1 amide bonds. The van der Waals surface area contributed by atoms with Crippen LogP contribution in [0.5, 0.6) is 0 Å². The fourth-order valence-electron chi connectivity index (χ4n) is 3.86. The molecule has 30 heavy (non-hydrogen) atoms. The number of pyridine rings is 1. The average Bonchev–Trinajstić information content (AvgIpc) is 3.29. The lowest BCUT2D eigenvalue weighted by Gasteiger charge is -2.34. The highest BCUT2D eigenvalue weighted by Gasteiger charge is 2.21. The second kappa shape index (κ2) is 8.52. The minimum atomic E-state index is -0.177. The summed E-state index contributed by atoms with van der Waals surface area (Å²) in [6.45, 7) is 3.78.